The number of methoxy groups -OCH3 is 1. The first-order valence-corrected chi connectivity index (χ1v) is 8.26. The van der Waals surface area contributed by atoms with E-state index in [1.165, 1.54) is 0 Å². The molecule has 0 spiro atoms. The fraction of sp³-hybridized carbons (Fsp3) is 0.471. The highest BCUT2D eigenvalue weighted by Gasteiger charge is 2.32. The van der Waals surface area contributed by atoms with Crippen LogP contribution in [0.4, 0.5) is 10.5 Å². The van der Waals surface area contributed by atoms with Crippen molar-refractivity contribution >= 4 is 11.7 Å². The summed E-state index contributed by atoms with van der Waals surface area (Å²) in [6.45, 7) is 3.48. The van der Waals surface area contributed by atoms with Gasteiger partial charge >= 0.3 is 6.03 Å². The van der Waals surface area contributed by atoms with Crippen LogP contribution in [-0.2, 0) is 4.74 Å². The van der Waals surface area contributed by atoms with Crippen molar-refractivity contribution < 1.29 is 18.8 Å². The van der Waals surface area contributed by atoms with Crippen LogP contribution in [0.1, 0.15) is 30.3 Å². The molecule has 0 bridgehead atoms. The van der Waals surface area contributed by atoms with E-state index in [-0.39, 0.29) is 12.1 Å². The summed E-state index contributed by atoms with van der Waals surface area (Å²) in [5.41, 5.74) is 1.43. The number of anilines is 1. The minimum absolute atomic E-state index is 0.0780. The Bertz CT molecular complexity index is 701. The number of carbonyl (C=O) groups excluding carboxylic acids is 1. The minimum Gasteiger partial charge on any atom is -0.475 e. The molecule has 1 saturated heterocycles. The summed E-state index contributed by atoms with van der Waals surface area (Å²) < 4.78 is 15.7. The molecule has 134 valence electrons. The highest BCUT2D eigenvalue weighted by atomic mass is 16.5. The van der Waals surface area contributed by atoms with Gasteiger partial charge in [0.15, 0.2) is 5.76 Å². The molecule has 0 aromatic carbocycles. The number of likely N-dealkylation sites (tertiary alicyclic amines) is 1. The number of carbonyl (C=O) groups is 1. The van der Waals surface area contributed by atoms with Crippen LogP contribution in [0.2, 0.25) is 0 Å². The van der Waals surface area contributed by atoms with Crippen molar-refractivity contribution in [2.45, 2.75) is 25.8 Å². The Morgan fingerprint density at radius 2 is 2.32 bits per heavy atom. The smallest absolute Gasteiger partial charge is 0.322 e. The maximum atomic E-state index is 12.6. The van der Waals surface area contributed by atoms with E-state index in [1.54, 1.807) is 30.3 Å². The second-order valence-electron chi connectivity index (χ2n) is 5.88. The van der Waals surface area contributed by atoms with Gasteiger partial charge in [-0.3, -0.25) is 0 Å². The van der Waals surface area contributed by atoms with Crippen LogP contribution in [-0.4, -0.2) is 47.9 Å². The fourth-order valence-corrected chi connectivity index (χ4v) is 2.81. The molecule has 3 rings (SSSR count). The number of hydrogen-bond donors (Lipinski definition) is 1. The molecule has 0 unspecified atom stereocenters. The van der Waals surface area contributed by atoms with Gasteiger partial charge in [-0.2, -0.15) is 0 Å². The molecule has 1 atom stereocenters. The van der Waals surface area contributed by atoms with Crippen molar-refractivity contribution in [1.82, 2.24) is 15.0 Å². The van der Waals surface area contributed by atoms with Crippen molar-refractivity contribution in [3.8, 4) is 5.88 Å². The van der Waals surface area contributed by atoms with E-state index in [2.05, 4.69) is 15.5 Å². The average molecular weight is 346 g/mol. The van der Waals surface area contributed by atoms with Gasteiger partial charge in [0.05, 0.1) is 30.2 Å². The third-order valence-corrected chi connectivity index (χ3v) is 4.01. The van der Waals surface area contributed by atoms with Crippen LogP contribution in [0, 0.1) is 6.92 Å². The summed E-state index contributed by atoms with van der Waals surface area (Å²) >= 11 is 0. The molecular formula is C17H22N4O4. The van der Waals surface area contributed by atoms with Gasteiger partial charge in [0.2, 0.25) is 5.88 Å². The van der Waals surface area contributed by atoms with E-state index in [0.29, 0.717) is 31.3 Å². The summed E-state index contributed by atoms with van der Waals surface area (Å²) in [6, 6.07) is 5.10. The highest BCUT2D eigenvalue weighted by Crippen LogP contribution is 2.32. The maximum Gasteiger partial charge on any atom is 0.322 e. The summed E-state index contributed by atoms with van der Waals surface area (Å²) in [4.78, 5) is 18.5. The van der Waals surface area contributed by atoms with Crippen molar-refractivity contribution in [2.24, 2.45) is 0 Å². The number of hydrogen-bond acceptors (Lipinski definition) is 6. The first-order chi connectivity index (χ1) is 12.2. The van der Waals surface area contributed by atoms with Gasteiger partial charge in [-0.1, -0.05) is 5.16 Å². The lowest BCUT2D eigenvalue weighted by molar-refractivity contribution is 0.144. The molecule has 2 amide bonds. The molecular weight excluding hydrogens is 324 g/mol. The summed E-state index contributed by atoms with van der Waals surface area (Å²) in [5, 5.41) is 6.78. The summed E-state index contributed by atoms with van der Waals surface area (Å²) in [5.74, 6) is 1.22. The molecule has 0 saturated carbocycles. The van der Waals surface area contributed by atoms with Crippen molar-refractivity contribution in [2.75, 3.05) is 32.2 Å². The van der Waals surface area contributed by atoms with Gasteiger partial charge in [0.25, 0.3) is 0 Å². The van der Waals surface area contributed by atoms with Crippen LogP contribution in [0.25, 0.3) is 0 Å². The molecule has 1 aliphatic heterocycles. The van der Waals surface area contributed by atoms with E-state index in [0.717, 1.165) is 24.3 Å². The molecule has 0 radical (unpaired) electrons. The molecule has 1 N–H and O–H groups in total. The normalized spacial score (nSPS) is 16.9. The third-order valence-electron chi connectivity index (χ3n) is 4.01. The number of nitrogens with one attached hydrogen (secondary N) is 1. The Morgan fingerprint density at radius 1 is 1.44 bits per heavy atom. The van der Waals surface area contributed by atoms with Crippen molar-refractivity contribution in [3.63, 3.8) is 0 Å². The summed E-state index contributed by atoms with van der Waals surface area (Å²) in [6.07, 6.45) is 3.37. The number of amides is 2. The van der Waals surface area contributed by atoms with E-state index in [1.807, 2.05) is 13.0 Å². The van der Waals surface area contributed by atoms with Crippen molar-refractivity contribution in [1.29, 1.82) is 0 Å². The number of aromatic nitrogens is 2. The number of ether oxygens (including phenoxy) is 2. The first kappa shape index (κ1) is 17.2. The number of nitrogens with zero attached hydrogens (tertiary/aromatic N) is 3. The SMILES string of the molecule is COCCOc1ccc(NC(=O)N2CCC[C@@H]2c2cc(C)no2)cn1. The van der Waals surface area contributed by atoms with Gasteiger partial charge in [0.1, 0.15) is 6.61 Å². The van der Waals surface area contributed by atoms with E-state index in [9.17, 15) is 4.79 Å². The van der Waals surface area contributed by atoms with Gasteiger partial charge < -0.3 is 24.2 Å². The molecule has 2 aromatic heterocycles. The molecule has 1 fully saturated rings. The van der Waals surface area contributed by atoms with Crippen LogP contribution >= 0.6 is 0 Å². The lowest BCUT2D eigenvalue weighted by atomic mass is 10.1. The predicted molar refractivity (Wildman–Crippen MR) is 90.5 cm³/mol. The lowest BCUT2D eigenvalue weighted by Crippen LogP contribution is -2.34. The van der Waals surface area contributed by atoms with Gasteiger partial charge in [0, 0.05) is 25.8 Å². The molecule has 8 heteroatoms. The quantitative estimate of drug-likeness (QED) is 0.809. The standard InChI is InChI=1S/C17H22N4O4/c1-12-10-15(25-20-12)14-4-3-7-21(14)17(22)19-13-5-6-16(18-11-13)24-9-8-23-2/h5-6,10-11,14H,3-4,7-9H2,1-2H3,(H,19,22)/t14-/m1/s1. The molecule has 25 heavy (non-hydrogen) atoms. The molecule has 2 aromatic rings. The fourth-order valence-electron chi connectivity index (χ4n) is 2.81. The maximum absolute atomic E-state index is 12.6. The van der Waals surface area contributed by atoms with Gasteiger partial charge in [-0.05, 0) is 25.8 Å². The van der Waals surface area contributed by atoms with Crippen molar-refractivity contribution in [3.05, 3.63) is 35.9 Å². The summed E-state index contributed by atoms with van der Waals surface area (Å²) in [7, 11) is 1.61. The Balaban J connectivity index is 1.59. The predicted octanol–water partition coefficient (Wildman–Crippen LogP) is 2.77. The Morgan fingerprint density at radius 3 is 3.00 bits per heavy atom. The number of urea groups is 1. The van der Waals surface area contributed by atoms with Gasteiger partial charge in [-0.15, -0.1) is 0 Å². The molecule has 3 heterocycles. The van der Waals surface area contributed by atoms with Crippen LogP contribution < -0.4 is 10.1 Å². The topological polar surface area (TPSA) is 89.7 Å². The van der Waals surface area contributed by atoms with E-state index in [4.69, 9.17) is 14.0 Å². The molecule has 8 nitrogen and oxygen atoms in total. The van der Waals surface area contributed by atoms with Crippen LogP contribution in [0.5, 0.6) is 5.88 Å². The Kier molecular flexibility index (Phi) is 5.49. The first-order valence-electron chi connectivity index (χ1n) is 8.26. The molecule has 1 aliphatic rings. The highest BCUT2D eigenvalue weighted by molar-refractivity contribution is 5.89. The van der Waals surface area contributed by atoms with Gasteiger partial charge in [-0.25, -0.2) is 9.78 Å². The number of aryl methyl sites for hydroxylation is 1. The Labute approximate surface area is 146 Å². The third kappa shape index (κ3) is 4.27. The Hall–Kier alpha value is -2.61. The minimum atomic E-state index is -0.175. The average Bonchev–Trinajstić information content (AvgIpc) is 3.25. The van der Waals surface area contributed by atoms with Crippen LogP contribution in [0.15, 0.2) is 28.9 Å². The second kappa shape index (κ2) is 7.98. The zero-order valence-electron chi connectivity index (χ0n) is 14.4. The largest absolute Gasteiger partial charge is 0.475 e. The number of pyridine rings is 1. The van der Waals surface area contributed by atoms with E-state index >= 15 is 0 Å². The van der Waals surface area contributed by atoms with Crippen LogP contribution in [0.3, 0.4) is 0 Å². The zero-order valence-corrected chi connectivity index (χ0v) is 14.4. The second-order valence-corrected chi connectivity index (χ2v) is 5.88. The van der Waals surface area contributed by atoms with E-state index < -0.39 is 0 Å². The number of rotatable bonds is 6. The molecule has 0 aliphatic carbocycles. The lowest BCUT2D eigenvalue weighted by Gasteiger charge is -2.23. The monoisotopic (exact) mass is 346 g/mol. The zero-order chi connectivity index (χ0) is 17.6.